The van der Waals surface area contributed by atoms with Gasteiger partial charge < -0.3 is 5.11 Å². The minimum atomic E-state index is 0.0357. The molecule has 2 aromatic carbocycles. The topological polar surface area (TPSA) is 87.6 Å². The van der Waals surface area contributed by atoms with E-state index < -0.39 is 0 Å². The molecule has 4 rings (SSSR count). The largest absolute Gasteiger partial charge is 0.392 e. The van der Waals surface area contributed by atoms with E-state index in [1.54, 1.807) is 0 Å². The molecule has 0 amide bonds. The predicted molar refractivity (Wildman–Crippen MR) is 121 cm³/mol. The Labute approximate surface area is 182 Å². The van der Waals surface area contributed by atoms with Gasteiger partial charge in [0.15, 0.2) is 0 Å². The normalized spacial score (nSPS) is 11.1. The first kappa shape index (κ1) is 20.9. The SMILES string of the molecule is CCCCc1nc(C)cc(CO)c1Cc1ccc(-c2ccccc2-c2nn[nH]n2)cc1. The van der Waals surface area contributed by atoms with E-state index in [-0.39, 0.29) is 6.61 Å². The molecular weight excluding hydrogens is 386 g/mol. The van der Waals surface area contributed by atoms with E-state index in [9.17, 15) is 5.11 Å². The molecule has 6 heteroatoms. The summed E-state index contributed by atoms with van der Waals surface area (Å²) in [4.78, 5) is 4.79. The number of aryl methyl sites for hydroxylation is 2. The Morgan fingerprint density at radius 3 is 2.45 bits per heavy atom. The molecule has 0 aliphatic heterocycles. The van der Waals surface area contributed by atoms with Crippen LogP contribution >= 0.6 is 0 Å². The number of aliphatic hydroxyl groups is 1. The number of unbranched alkanes of at least 4 members (excludes halogenated alkanes) is 1. The molecule has 0 aliphatic carbocycles. The standard InChI is InChI=1S/C25H27N5O/c1-3-4-9-24-23(20(16-31)14-17(2)26-24)15-18-10-12-19(13-11-18)21-7-5-6-8-22(21)25-27-29-30-28-25/h5-8,10-14,31H,3-4,9,15-16H2,1-2H3,(H,27,28,29,30). The average Bonchev–Trinajstić information content (AvgIpc) is 3.34. The summed E-state index contributed by atoms with van der Waals surface area (Å²) in [6, 6.07) is 18.6. The lowest BCUT2D eigenvalue weighted by Crippen LogP contribution is -2.06. The van der Waals surface area contributed by atoms with Gasteiger partial charge in [0.2, 0.25) is 5.82 Å². The molecule has 0 unspecified atom stereocenters. The summed E-state index contributed by atoms with van der Waals surface area (Å²) in [5.41, 5.74) is 8.50. The van der Waals surface area contributed by atoms with Gasteiger partial charge in [0.25, 0.3) is 0 Å². The summed E-state index contributed by atoms with van der Waals surface area (Å²) in [7, 11) is 0. The number of tetrazole rings is 1. The maximum atomic E-state index is 9.94. The second-order valence-corrected chi connectivity index (χ2v) is 7.76. The first-order chi connectivity index (χ1) is 15.2. The monoisotopic (exact) mass is 413 g/mol. The van der Waals surface area contributed by atoms with E-state index >= 15 is 0 Å². The molecule has 2 heterocycles. The van der Waals surface area contributed by atoms with Gasteiger partial charge in [-0.1, -0.05) is 61.9 Å². The summed E-state index contributed by atoms with van der Waals surface area (Å²) in [6.45, 7) is 4.22. The maximum absolute atomic E-state index is 9.94. The van der Waals surface area contributed by atoms with Crippen LogP contribution in [0.25, 0.3) is 22.5 Å². The summed E-state index contributed by atoms with van der Waals surface area (Å²) in [5.74, 6) is 0.582. The minimum Gasteiger partial charge on any atom is -0.392 e. The van der Waals surface area contributed by atoms with Crippen LogP contribution in [-0.2, 0) is 19.4 Å². The number of benzene rings is 2. The lowest BCUT2D eigenvalue weighted by molar-refractivity contribution is 0.280. The highest BCUT2D eigenvalue weighted by Crippen LogP contribution is 2.30. The van der Waals surface area contributed by atoms with Crippen molar-refractivity contribution in [1.29, 1.82) is 0 Å². The highest BCUT2D eigenvalue weighted by atomic mass is 16.3. The third-order valence-corrected chi connectivity index (χ3v) is 5.53. The third kappa shape index (κ3) is 4.70. The molecule has 0 saturated carbocycles. The molecule has 0 aliphatic rings. The van der Waals surface area contributed by atoms with Crippen molar-refractivity contribution in [3.63, 3.8) is 0 Å². The molecule has 6 nitrogen and oxygen atoms in total. The first-order valence-electron chi connectivity index (χ1n) is 10.7. The summed E-state index contributed by atoms with van der Waals surface area (Å²) >= 11 is 0. The quantitative estimate of drug-likeness (QED) is 0.438. The molecule has 158 valence electrons. The number of hydrogen-bond acceptors (Lipinski definition) is 5. The van der Waals surface area contributed by atoms with Crippen molar-refractivity contribution in [2.45, 2.75) is 46.1 Å². The fourth-order valence-electron chi connectivity index (χ4n) is 3.96. The molecular formula is C25H27N5O. The van der Waals surface area contributed by atoms with Gasteiger partial charge in [-0.2, -0.15) is 5.21 Å². The number of aromatic nitrogens is 5. The van der Waals surface area contributed by atoms with Crippen LogP contribution in [0.2, 0.25) is 0 Å². The third-order valence-electron chi connectivity index (χ3n) is 5.53. The average molecular weight is 414 g/mol. The van der Waals surface area contributed by atoms with Crippen LogP contribution in [0.15, 0.2) is 54.6 Å². The zero-order valence-corrected chi connectivity index (χ0v) is 18.0. The van der Waals surface area contributed by atoms with Crippen LogP contribution in [0.4, 0.5) is 0 Å². The van der Waals surface area contributed by atoms with E-state index in [0.29, 0.717) is 5.82 Å². The van der Waals surface area contributed by atoms with Crippen molar-refractivity contribution in [3.05, 3.63) is 82.7 Å². The summed E-state index contributed by atoms with van der Waals surface area (Å²) in [6.07, 6.45) is 3.92. The number of nitrogens with one attached hydrogen (secondary N) is 1. The Balaban J connectivity index is 1.64. The van der Waals surface area contributed by atoms with Crippen LogP contribution in [0.1, 0.15) is 47.8 Å². The van der Waals surface area contributed by atoms with Gasteiger partial charge in [0.05, 0.1) is 6.61 Å². The number of hydrogen-bond donors (Lipinski definition) is 2. The van der Waals surface area contributed by atoms with Gasteiger partial charge in [0, 0.05) is 17.0 Å². The number of aliphatic hydroxyl groups excluding tert-OH is 1. The summed E-state index contributed by atoms with van der Waals surface area (Å²) in [5, 5.41) is 24.4. The fourth-order valence-corrected chi connectivity index (χ4v) is 3.96. The van der Waals surface area contributed by atoms with Crippen molar-refractivity contribution >= 4 is 0 Å². The Morgan fingerprint density at radius 2 is 1.77 bits per heavy atom. The Morgan fingerprint density at radius 1 is 1.00 bits per heavy atom. The van der Waals surface area contributed by atoms with Crippen LogP contribution in [-0.4, -0.2) is 30.7 Å². The van der Waals surface area contributed by atoms with E-state index in [0.717, 1.165) is 64.9 Å². The maximum Gasteiger partial charge on any atom is 0.205 e. The number of nitrogens with zero attached hydrogens (tertiary/aromatic N) is 4. The second kappa shape index (κ2) is 9.62. The van der Waals surface area contributed by atoms with Gasteiger partial charge in [-0.25, -0.2) is 0 Å². The van der Waals surface area contributed by atoms with Crippen LogP contribution < -0.4 is 0 Å². The van der Waals surface area contributed by atoms with Crippen molar-refractivity contribution in [3.8, 4) is 22.5 Å². The molecule has 2 N–H and O–H groups in total. The van der Waals surface area contributed by atoms with Crippen molar-refractivity contribution < 1.29 is 5.11 Å². The number of rotatable bonds is 8. The molecule has 2 aromatic heterocycles. The zero-order chi connectivity index (χ0) is 21.6. The van der Waals surface area contributed by atoms with Crippen molar-refractivity contribution in [2.24, 2.45) is 0 Å². The Hall–Kier alpha value is -3.38. The fraction of sp³-hybridized carbons (Fsp3) is 0.280. The highest BCUT2D eigenvalue weighted by molar-refractivity contribution is 5.80. The molecule has 0 fully saturated rings. The predicted octanol–water partition coefficient (Wildman–Crippen LogP) is 4.66. The molecule has 0 spiro atoms. The zero-order valence-electron chi connectivity index (χ0n) is 18.0. The molecule has 4 aromatic rings. The Kier molecular flexibility index (Phi) is 6.48. The van der Waals surface area contributed by atoms with Crippen LogP contribution in [0.5, 0.6) is 0 Å². The molecule has 0 radical (unpaired) electrons. The van der Waals surface area contributed by atoms with Crippen LogP contribution in [0.3, 0.4) is 0 Å². The molecule has 0 bridgehead atoms. The first-order valence-corrected chi connectivity index (χ1v) is 10.7. The van der Waals surface area contributed by atoms with Gasteiger partial charge in [-0.3, -0.25) is 4.98 Å². The van der Waals surface area contributed by atoms with Crippen LogP contribution in [0, 0.1) is 6.92 Å². The number of H-pyrrole nitrogens is 1. The smallest absolute Gasteiger partial charge is 0.205 e. The number of aromatic amines is 1. The van der Waals surface area contributed by atoms with Gasteiger partial charge in [-0.15, -0.1) is 10.2 Å². The molecule has 0 saturated heterocycles. The van der Waals surface area contributed by atoms with E-state index in [2.05, 4.69) is 57.9 Å². The van der Waals surface area contributed by atoms with Gasteiger partial charge in [-0.05, 0) is 65.3 Å². The van der Waals surface area contributed by atoms with Crippen molar-refractivity contribution in [1.82, 2.24) is 25.6 Å². The minimum absolute atomic E-state index is 0.0357. The van der Waals surface area contributed by atoms with Gasteiger partial charge >= 0.3 is 0 Å². The lowest BCUT2D eigenvalue weighted by atomic mass is 9.93. The molecule has 31 heavy (non-hydrogen) atoms. The van der Waals surface area contributed by atoms with Crippen molar-refractivity contribution in [2.75, 3.05) is 0 Å². The second-order valence-electron chi connectivity index (χ2n) is 7.76. The Bertz CT molecular complexity index is 1140. The van der Waals surface area contributed by atoms with Gasteiger partial charge in [0.1, 0.15) is 0 Å². The number of pyridine rings is 1. The van der Waals surface area contributed by atoms with E-state index in [1.807, 2.05) is 31.2 Å². The van der Waals surface area contributed by atoms with E-state index in [4.69, 9.17) is 4.98 Å². The lowest BCUT2D eigenvalue weighted by Gasteiger charge is -2.15. The highest BCUT2D eigenvalue weighted by Gasteiger charge is 2.13. The summed E-state index contributed by atoms with van der Waals surface area (Å²) < 4.78 is 0. The molecule has 0 atom stereocenters. The van der Waals surface area contributed by atoms with E-state index in [1.165, 1.54) is 5.56 Å².